The minimum Gasteiger partial charge on any atom is -0.382 e. The molecule has 0 aliphatic carbocycles. The Balaban J connectivity index is 1.53. The Morgan fingerprint density at radius 3 is 2.67 bits per heavy atom. The van der Waals surface area contributed by atoms with Crippen molar-refractivity contribution in [2.75, 3.05) is 5.73 Å². The van der Waals surface area contributed by atoms with Gasteiger partial charge in [-0.15, -0.1) is 0 Å². The van der Waals surface area contributed by atoms with Gasteiger partial charge in [0.05, 0.1) is 23.4 Å². The Morgan fingerprint density at radius 1 is 1.03 bits per heavy atom. The molecular weight excluding hydrogens is 452 g/mol. The molecule has 1 amide bonds. The molecule has 0 spiro atoms. The van der Waals surface area contributed by atoms with Gasteiger partial charge >= 0.3 is 0 Å². The van der Waals surface area contributed by atoms with Crippen molar-refractivity contribution in [2.45, 2.75) is 26.3 Å². The average molecular weight is 479 g/mol. The lowest BCUT2D eigenvalue weighted by Crippen LogP contribution is -2.26. The van der Waals surface area contributed by atoms with E-state index in [1.807, 2.05) is 67.8 Å². The van der Waals surface area contributed by atoms with Crippen molar-refractivity contribution >= 4 is 22.6 Å². The first kappa shape index (κ1) is 23.1. The smallest absolute Gasteiger partial charge is 0.274 e. The summed E-state index contributed by atoms with van der Waals surface area (Å²) < 4.78 is 1.68. The van der Waals surface area contributed by atoms with Gasteiger partial charge in [0.25, 0.3) is 5.91 Å². The van der Waals surface area contributed by atoms with Crippen molar-refractivity contribution in [3.8, 4) is 22.6 Å². The number of fused-ring (bicyclic) bond motifs is 1. The molecule has 0 fully saturated rings. The van der Waals surface area contributed by atoms with E-state index in [4.69, 9.17) is 10.7 Å². The highest BCUT2D eigenvalue weighted by Gasteiger charge is 2.21. The summed E-state index contributed by atoms with van der Waals surface area (Å²) in [5.74, 6) is -0.0997. The normalized spacial score (nSPS) is 11.2. The molecule has 0 aliphatic heterocycles. The van der Waals surface area contributed by atoms with Crippen LogP contribution in [0, 0.1) is 0 Å². The number of anilines is 1. The van der Waals surface area contributed by atoms with Gasteiger partial charge in [-0.05, 0) is 42.3 Å². The number of benzene rings is 1. The summed E-state index contributed by atoms with van der Waals surface area (Å²) in [6.07, 6.45) is 3.57. The fraction of sp³-hybridized carbons (Fsp3) is 0.185. The number of hydrogen-bond donors (Lipinski definition) is 2. The molecule has 4 aromatic heterocycles. The number of carbonyl (C=O) groups excluding carboxylic acids is 1. The molecule has 5 aromatic rings. The van der Waals surface area contributed by atoms with Crippen LogP contribution >= 0.6 is 0 Å². The summed E-state index contributed by atoms with van der Waals surface area (Å²) in [4.78, 5) is 31.4. The molecule has 0 bridgehead atoms. The summed E-state index contributed by atoms with van der Waals surface area (Å²) in [6, 6.07) is 17.3. The standard InChI is InChI=1S/C27H26N8O/c1-16(2)20-8-4-7-19(31-20)15-30-27(36)25-26(28)33-24(22-11-13-35(3)34-22)23(32-25)18-9-10-21-17(14-18)6-5-12-29-21/h4-14,16H,15H2,1-3H3,(H2,28,33)(H,30,36). The van der Waals surface area contributed by atoms with Crippen LogP contribution in [0.2, 0.25) is 0 Å². The third-order valence-corrected chi connectivity index (χ3v) is 5.82. The molecule has 0 aliphatic rings. The lowest BCUT2D eigenvalue weighted by molar-refractivity contribution is 0.0946. The summed E-state index contributed by atoms with van der Waals surface area (Å²) in [5, 5.41) is 8.31. The largest absolute Gasteiger partial charge is 0.382 e. The van der Waals surface area contributed by atoms with Gasteiger partial charge in [0.2, 0.25) is 0 Å². The summed E-state index contributed by atoms with van der Waals surface area (Å²) >= 11 is 0. The number of rotatable bonds is 6. The topological polar surface area (TPSA) is 124 Å². The van der Waals surface area contributed by atoms with Gasteiger partial charge in [0.15, 0.2) is 11.5 Å². The number of nitrogens with zero attached hydrogens (tertiary/aromatic N) is 6. The Bertz CT molecular complexity index is 1570. The maximum atomic E-state index is 13.2. The second kappa shape index (κ2) is 9.53. The monoisotopic (exact) mass is 478 g/mol. The van der Waals surface area contributed by atoms with Gasteiger partial charge in [0.1, 0.15) is 11.4 Å². The zero-order valence-electron chi connectivity index (χ0n) is 20.3. The number of aromatic nitrogens is 6. The first-order valence-electron chi connectivity index (χ1n) is 11.7. The molecule has 3 N–H and O–H groups in total. The van der Waals surface area contributed by atoms with E-state index in [0.29, 0.717) is 23.0 Å². The molecule has 4 heterocycles. The maximum Gasteiger partial charge on any atom is 0.274 e. The highest BCUT2D eigenvalue weighted by atomic mass is 16.1. The van der Waals surface area contributed by atoms with Crippen LogP contribution in [0.15, 0.2) is 67.0 Å². The molecule has 0 saturated carbocycles. The van der Waals surface area contributed by atoms with Gasteiger partial charge in [-0.25, -0.2) is 9.97 Å². The first-order valence-corrected chi connectivity index (χ1v) is 11.7. The number of nitrogens with two attached hydrogens (primary N) is 1. The first-order chi connectivity index (χ1) is 17.4. The molecule has 0 unspecified atom stereocenters. The van der Waals surface area contributed by atoms with E-state index in [1.54, 1.807) is 10.9 Å². The SMILES string of the molecule is CC(C)c1cccc(CNC(=O)c2nc(-c3ccc4ncccc4c3)c(-c3ccn(C)n3)nc2N)n1. The van der Waals surface area contributed by atoms with Crippen LogP contribution in [0.25, 0.3) is 33.5 Å². The number of nitrogens with one attached hydrogen (secondary N) is 1. The number of aryl methyl sites for hydroxylation is 1. The van der Waals surface area contributed by atoms with Gasteiger partial charge in [-0.1, -0.05) is 32.0 Å². The summed E-state index contributed by atoms with van der Waals surface area (Å²) in [6.45, 7) is 4.41. The molecule has 0 radical (unpaired) electrons. The molecule has 180 valence electrons. The van der Waals surface area contributed by atoms with Crippen LogP contribution in [0.4, 0.5) is 5.82 Å². The van der Waals surface area contributed by atoms with Crippen LogP contribution in [-0.4, -0.2) is 35.6 Å². The van der Waals surface area contributed by atoms with Crippen molar-refractivity contribution in [3.05, 3.63) is 84.1 Å². The Hall–Kier alpha value is -4.66. The second-order valence-corrected chi connectivity index (χ2v) is 8.83. The van der Waals surface area contributed by atoms with Crippen LogP contribution < -0.4 is 11.1 Å². The zero-order chi connectivity index (χ0) is 25.2. The maximum absolute atomic E-state index is 13.2. The van der Waals surface area contributed by atoms with Crippen molar-refractivity contribution < 1.29 is 4.79 Å². The summed E-state index contributed by atoms with van der Waals surface area (Å²) in [7, 11) is 1.83. The van der Waals surface area contributed by atoms with Gasteiger partial charge in [-0.2, -0.15) is 5.10 Å². The quantitative estimate of drug-likeness (QED) is 0.376. The third kappa shape index (κ3) is 4.63. The molecule has 0 atom stereocenters. The Kier molecular flexibility index (Phi) is 6.12. The van der Waals surface area contributed by atoms with E-state index in [9.17, 15) is 4.79 Å². The number of nitrogen functional groups attached to an aromatic ring is 1. The Labute approximate surface area is 208 Å². The van der Waals surface area contributed by atoms with Gasteiger partial charge in [0, 0.05) is 36.1 Å². The molecule has 9 nitrogen and oxygen atoms in total. The van der Waals surface area contributed by atoms with Gasteiger partial charge in [-0.3, -0.25) is 19.4 Å². The highest BCUT2D eigenvalue weighted by molar-refractivity contribution is 5.98. The predicted octanol–water partition coefficient (Wildman–Crippen LogP) is 4.12. The molecule has 5 rings (SSSR count). The van der Waals surface area contributed by atoms with Crippen molar-refractivity contribution in [2.24, 2.45) is 7.05 Å². The van der Waals surface area contributed by atoms with E-state index in [1.165, 1.54) is 0 Å². The van der Waals surface area contributed by atoms with Crippen LogP contribution in [0.5, 0.6) is 0 Å². The number of amides is 1. The minimum absolute atomic E-state index is 0.0308. The van der Waals surface area contributed by atoms with Crippen molar-refractivity contribution in [1.82, 2.24) is 35.0 Å². The van der Waals surface area contributed by atoms with E-state index in [-0.39, 0.29) is 18.1 Å². The van der Waals surface area contributed by atoms with Crippen LogP contribution in [-0.2, 0) is 13.6 Å². The van der Waals surface area contributed by atoms with Crippen LogP contribution in [0.3, 0.4) is 0 Å². The van der Waals surface area contributed by atoms with Crippen LogP contribution in [0.1, 0.15) is 41.6 Å². The van der Waals surface area contributed by atoms with Crippen molar-refractivity contribution in [1.29, 1.82) is 0 Å². The minimum atomic E-state index is -0.423. The number of pyridine rings is 2. The molecule has 1 aromatic carbocycles. The molecule has 9 heteroatoms. The predicted molar refractivity (Wildman–Crippen MR) is 139 cm³/mol. The number of hydrogen-bond acceptors (Lipinski definition) is 7. The summed E-state index contributed by atoms with van der Waals surface area (Å²) in [5.41, 5.74) is 11.3. The third-order valence-electron chi connectivity index (χ3n) is 5.82. The zero-order valence-corrected chi connectivity index (χ0v) is 20.3. The molecule has 36 heavy (non-hydrogen) atoms. The van der Waals surface area contributed by atoms with E-state index >= 15 is 0 Å². The van der Waals surface area contributed by atoms with Crippen molar-refractivity contribution in [3.63, 3.8) is 0 Å². The average Bonchev–Trinajstić information content (AvgIpc) is 3.33. The lowest BCUT2D eigenvalue weighted by Gasteiger charge is -2.13. The molecular formula is C27H26N8O. The van der Waals surface area contributed by atoms with E-state index in [0.717, 1.165) is 27.9 Å². The van der Waals surface area contributed by atoms with E-state index < -0.39 is 5.91 Å². The fourth-order valence-electron chi connectivity index (χ4n) is 3.93. The van der Waals surface area contributed by atoms with Gasteiger partial charge < -0.3 is 11.1 Å². The lowest BCUT2D eigenvalue weighted by atomic mass is 10.0. The van der Waals surface area contributed by atoms with E-state index in [2.05, 4.69) is 39.2 Å². The molecule has 0 saturated heterocycles. The fourth-order valence-corrected chi connectivity index (χ4v) is 3.93. The number of carbonyl (C=O) groups is 1. The Morgan fingerprint density at radius 2 is 1.89 bits per heavy atom. The second-order valence-electron chi connectivity index (χ2n) is 8.83. The highest BCUT2D eigenvalue weighted by Crippen LogP contribution is 2.31.